The monoisotopic (exact) mass is 246 g/mol. The average Bonchev–Trinajstić information content (AvgIpc) is 2.34. The number of hydrogen-bond acceptors (Lipinski definition) is 3. The van der Waals surface area contributed by atoms with Crippen molar-refractivity contribution in [2.75, 3.05) is 24.5 Å². The molecule has 18 heavy (non-hydrogen) atoms. The van der Waals surface area contributed by atoms with E-state index in [9.17, 15) is 9.59 Å². The fraction of sp³-hybridized carbons (Fsp3) is 0.429. The Labute approximate surface area is 107 Å². The van der Waals surface area contributed by atoms with E-state index in [1.807, 2.05) is 12.1 Å². The second-order valence-corrected chi connectivity index (χ2v) is 4.51. The van der Waals surface area contributed by atoms with E-state index in [1.54, 1.807) is 17.0 Å². The smallest absolute Gasteiger partial charge is 0.227 e. The summed E-state index contributed by atoms with van der Waals surface area (Å²) in [6.07, 6.45) is 1.42. The van der Waals surface area contributed by atoms with Crippen molar-refractivity contribution in [2.24, 2.45) is 0 Å². The Kier molecular flexibility index (Phi) is 4.10. The first-order valence-electron chi connectivity index (χ1n) is 6.30. The zero-order chi connectivity index (χ0) is 13.0. The SMILES string of the molecule is CC(=O)c1cccc(N2CCNCCCC2=O)c1. The third kappa shape index (κ3) is 2.96. The van der Waals surface area contributed by atoms with E-state index in [4.69, 9.17) is 0 Å². The second kappa shape index (κ2) is 5.78. The van der Waals surface area contributed by atoms with Crippen LogP contribution in [0.25, 0.3) is 0 Å². The van der Waals surface area contributed by atoms with Crippen LogP contribution >= 0.6 is 0 Å². The standard InChI is InChI=1S/C14H18N2O2/c1-11(17)12-4-2-5-13(10-12)16-9-8-15-7-3-6-14(16)18/h2,4-5,10,15H,3,6-9H2,1H3. The van der Waals surface area contributed by atoms with Gasteiger partial charge in [0.05, 0.1) is 0 Å². The normalized spacial score (nSPS) is 17.2. The molecule has 1 aromatic rings. The Morgan fingerprint density at radius 2 is 2.17 bits per heavy atom. The lowest BCUT2D eigenvalue weighted by atomic mass is 10.1. The fourth-order valence-corrected chi connectivity index (χ4v) is 2.11. The molecule has 96 valence electrons. The van der Waals surface area contributed by atoms with Gasteiger partial charge >= 0.3 is 0 Å². The van der Waals surface area contributed by atoms with Crippen LogP contribution in [-0.4, -0.2) is 31.3 Å². The Morgan fingerprint density at radius 3 is 2.94 bits per heavy atom. The quantitative estimate of drug-likeness (QED) is 0.806. The first-order valence-corrected chi connectivity index (χ1v) is 6.30. The van der Waals surface area contributed by atoms with Crippen molar-refractivity contribution < 1.29 is 9.59 Å². The predicted molar refractivity (Wildman–Crippen MR) is 70.9 cm³/mol. The first kappa shape index (κ1) is 12.8. The lowest BCUT2D eigenvalue weighted by Gasteiger charge is -2.25. The summed E-state index contributed by atoms with van der Waals surface area (Å²) in [6.45, 7) is 3.87. The van der Waals surface area contributed by atoms with Crippen molar-refractivity contribution in [1.29, 1.82) is 0 Å². The maximum absolute atomic E-state index is 12.1. The Bertz CT molecular complexity index is 457. The number of Topliss-reactive ketones (excluding diaryl/α,β-unsaturated/α-hetero) is 1. The summed E-state index contributed by atoms with van der Waals surface area (Å²) < 4.78 is 0. The number of carbonyl (C=O) groups excluding carboxylic acids is 2. The summed E-state index contributed by atoms with van der Waals surface area (Å²) in [5.41, 5.74) is 1.46. The van der Waals surface area contributed by atoms with Crippen LogP contribution < -0.4 is 10.2 Å². The Balaban J connectivity index is 2.24. The average molecular weight is 246 g/mol. The Morgan fingerprint density at radius 1 is 1.33 bits per heavy atom. The van der Waals surface area contributed by atoms with Gasteiger partial charge in [-0.3, -0.25) is 9.59 Å². The lowest BCUT2D eigenvalue weighted by molar-refractivity contribution is -0.118. The second-order valence-electron chi connectivity index (χ2n) is 4.51. The van der Waals surface area contributed by atoms with Gasteiger partial charge in [-0.15, -0.1) is 0 Å². The van der Waals surface area contributed by atoms with E-state index >= 15 is 0 Å². The molecule has 0 aromatic heterocycles. The van der Waals surface area contributed by atoms with E-state index in [2.05, 4.69) is 5.32 Å². The molecule has 0 unspecified atom stereocenters. The topological polar surface area (TPSA) is 49.4 Å². The minimum absolute atomic E-state index is 0.0227. The molecule has 1 heterocycles. The van der Waals surface area contributed by atoms with Crippen LogP contribution in [0.2, 0.25) is 0 Å². The van der Waals surface area contributed by atoms with E-state index in [0.29, 0.717) is 18.5 Å². The van der Waals surface area contributed by atoms with Gasteiger partial charge in [0.2, 0.25) is 5.91 Å². The molecule has 0 spiro atoms. The van der Waals surface area contributed by atoms with Crippen LogP contribution in [0.1, 0.15) is 30.1 Å². The number of anilines is 1. The van der Waals surface area contributed by atoms with Gasteiger partial charge in [0, 0.05) is 30.8 Å². The highest BCUT2D eigenvalue weighted by Crippen LogP contribution is 2.18. The zero-order valence-electron chi connectivity index (χ0n) is 10.6. The van der Waals surface area contributed by atoms with Crippen molar-refractivity contribution in [3.05, 3.63) is 29.8 Å². The van der Waals surface area contributed by atoms with Crippen LogP contribution in [0, 0.1) is 0 Å². The van der Waals surface area contributed by atoms with E-state index in [0.717, 1.165) is 25.2 Å². The molecule has 1 N–H and O–H groups in total. The highest BCUT2D eigenvalue weighted by Gasteiger charge is 2.17. The molecule has 4 nitrogen and oxygen atoms in total. The molecule has 1 aliphatic heterocycles. The number of ketones is 1. The summed E-state index contributed by atoms with van der Waals surface area (Å²) in [6, 6.07) is 7.28. The van der Waals surface area contributed by atoms with Crippen molar-refractivity contribution >= 4 is 17.4 Å². The molecule has 1 fully saturated rings. The molecule has 1 aliphatic rings. The van der Waals surface area contributed by atoms with Crippen LogP contribution in [0.5, 0.6) is 0 Å². The van der Waals surface area contributed by atoms with E-state index in [-0.39, 0.29) is 11.7 Å². The molecule has 1 aromatic carbocycles. The molecule has 0 aliphatic carbocycles. The number of nitrogens with zero attached hydrogens (tertiary/aromatic N) is 1. The minimum atomic E-state index is 0.0227. The van der Waals surface area contributed by atoms with E-state index in [1.165, 1.54) is 6.92 Å². The summed E-state index contributed by atoms with van der Waals surface area (Å²) >= 11 is 0. The number of benzene rings is 1. The molecule has 0 radical (unpaired) electrons. The number of nitrogens with one attached hydrogen (secondary N) is 1. The fourth-order valence-electron chi connectivity index (χ4n) is 2.11. The number of carbonyl (C=O) groups is 2. The van der Waals surface area contributed by atoms with Crippen molar-refractivity contribution in [2.45, 2.75) is 19.8 Å². The van der Waals surface area contributed by atoms with Crippen molar-refractivity contribution in [1.82, 2.24) is 5.32 Å². The molecule has 0 bridgehead atoms. The molecular formula is C14H18N2O2. The summed E-state index contributed by atoms with van der Waals surface area (Å²) in [4.78, 5) is 25.2. The van der Waals surface area contributed by atoms with Crippen LogP contribution in [0.4, 0.5) is 5.69 Å². The van der Waals surface area contributed by atoms with Gasteiger partial charge in [0.25, 0.3) is 0 Å². The van der Waals surface area contributed by atoms with Crippen LogP contribution in [0.15, 0.2) is 24.3 Å². The maximum Gasteiger partial charge on any atom is 0.227 e. The molecule has 0 atom stereocenters. The highest BCUT2D eigenvalue weighted by atomic mass is 16.2. The number of rotatable bonds is 2. The molecule has 1 saturated heterocycles. The predicted octanol–water partition coefficient (Wildman–Crippen LogP) is 1.61. The maximum atomic E-state index is 12.1. The highest BCUT2D eigenvalue weighted by molar-refractivity contribution is 5.98. The Hall–Kier alpha value is -1.68. The third-order valence-corrected chi connectivity index (χ3v) is 3.12. The molecule has 0 saturated carbocycles. The summed E-state index contributed by atoms with van der Waals surface area (Å²) in [7, 11) is 0. The van der Waals surface area contributed by atoms with Crippen molar-refractivity contribution in [3.8, 4) is 0 Å². The first-order chi connectivity index (χ1) is 8.68. The van der Waals surface area contributed by atoms with E-state index < -0.39 is 0 Å². The van der Waals surface area contributed by atoms with Crippen LogP contribution in [-0.2, 0) is 4.79 Å². The number of hydrogen-bond donors (Lipinski definition) is 1. The third-order valence-electron chi connectivity index (χ3n) is 3.12. The van der Waals surface area contributed by atoms with Gasteiger partial charge in [-0.2, -0.15) is 0 Å². The van der Waals surface area contributed by atoms with Gasteiger partial charge in [0.15, 0.2) is 5.78 Å². The largest absolute Gasteiger partial charge is 0.315 e. The molecular weight excluding hydrogens is 228 g/mol. The minimum Gasteiger partial charge on any atom is -0.315 e. The molecule has 1 amide bonds. The van der Waals surface area contributed by atoms with Gasteiger partial charge in [-0.25, -0.2) is 0 Å². The number of amides is 1. The van der Waals surface area contributed by atoms with Crippen molar-refractivity contribution in [3.63, 3.8) is 0 Å². The van der Waals surface area contributed by atoms with Gasteiger partial charge in [0.1, 0.15) is 0 Å². The summed E-state index contributed by atoms with van der Waals surface area (Å²) in [5.74, 6) is 0.159. The molecule has 2 rings (SSSR count). The van der Waals surface area contributed by atoms with Gasteiger partial charge in [-0.1, -0.05) is 12.1 Å². The lowest BCUT2D eigenvalue weighted by Crippen LogP contribution is -2.39. The van der Waals surface area contributed by atoms with Gasteiger partial charge in [-0.05, 0) is 32.0 Å². The zero-order valence-corrected chi connectivity index (χ0v) is 10.6. The summed E-state index contributed by atoms with van der Waals surface area (Å²) in [5, 5.41) is 3.28. The van der Waals surface area contributed by atoms with Gasteiger partial charge < -0.3 is 10.2 Å². The van der Waals surface area contributed by atoms with Crippen LogP contribution in [0.3, 0.4) is 0 Å². The molecule has 4 heteroatoms.